The molecule has 0 aliphatic rings. The summed E-state index contributed by atoms with van der Waals surface area (Å²) in [6.07, 6.45) is 3.45. The quantitative estimate of drug-likeness (QED) is 0.669. The van der Waals surface area contributed by atoms with Crippen molar-refractivity contribution in [1.82, 2.24) is 4.57 Å². The molecule has 1 heterocycles. The summed E-state index contributed by atoms with van der Waals surface area (Å²) in [7, 11) is 0. The molecule has 1 atom stereocenters. The van der Waals surface area contributed by atoms with Gasteiger partial charge in [0.25, 0.3) is 0 Å². The summed E-state index contributed by atoms with van der Waals surface area (Å²) in [6.45, 7) is 5.41. The summed E-state index contributed by atoms with van der Waals surface area (Å²) in [5, 5.41) is 2.66. The van der Waals surface area contributed by atoms with Crippen LogP contribution in [0.15, 0.2) is 42.5 Å². The average Bonchev–Trinajstić information content (AvgIpc) is 2.85. The summed E-state index contributed by atoms with van der Waals surface area (Å²) in [5.74, 6) is 0. The lowest BCUT2D eigenvalue weighted by molar-refractivity contribution is 0.604. The number of fused-ring (bicyclic) bond motifs is 3. The monoisotopic (exact) mass is 316 g/mol. The van der Waals surface area contributed by atoms with E-state index in [1.54, 1.807) is 0 Å². The van der Waals surface area contributed by atoms with Crippen LogP contribution in [0, 0.1) is 0 Å². The fourth-order valence-corrected chi connectivity index (χ4v) is 3.23. The first-order valence-corrected chi connectivity index (χ1v) is 8.02. The second-order valence-electron chi connectivity index (χ2n) is 5.79. The van der Waals surface area contributed by atoms with Crippen LogP contribution in [0.2, 0.25) is 0 Å². The van der Waals surface area contributed by atoms with Crippen LogP contribution >= 0.6 is 12.4 Å². The van der Waals surface area contributed by atoms with Crippen LogP contribution in [-0.2, 0) is 6.54 Å². The van der Waals surface area contributed by atoms with Gasteiger partial charge in [-0.3, -0.25) is 0 Å². The molecule has 0 fully saturated rings. The van der Waals surface area contributed by atoms with E-state index in [2.05, 4.69) is 60.9 Å². The topological polar surface area (TPSA) is 30.9 Å². The first-order valence-electron chi connectivity index (χ1n) is 8.02. The molecule has 0 radical (unpaired) electrons. The molecule has 0 unspecified atom stereocenters. The van der Waals surface area contributed by atoms with Crippen LogP contribution in [0.5, 0.6) is 0 Å². The minimum atomic E-state index is 0. The number of halogens is 1. The Bertz CT molecular complexity index is 761. The Kier molecular flexibility index (Phi) is 5.49. The van der Waals surface area contributed by atoms with Gasteiger partial charge >= 0.3 is 0 Å². The minimum Gasteiger partial charge on any atom is -0.341 e. The molecule has 0 aliphatic heterocycles. The van der Waals surface area contributed by atoms with Crippen molar-refractivity contribution >= 4 is 34.2 Å². The number of benzene rings is 2. The highest BCUT2D eigenvalue weighted by atomic mass is 35.5. The third kappa shape index (κ3) is 2.86. The summed E-state index contributed by atoms with van der Waals surface area (Å²) < 4.78 is 2.38. The Labute approximate surface area is 138 Å². The van der Waals surface area contributed by atoms with Gasteiger partial charge in [0.1, 0.15) is 0 Å². The third-order valence-corrected chi connectivity index (χ3v) is 4.41. The zero-order valence-electron chi connectivity index (χ0n) is 13.4. The van der Waals surface area contributed by atoms with Crippen molar-refractivity contribution in [3.8, 4) is 0 Å². The third-order valence-electron chi connectivity index (χ3n) is 4.41. The van der Waals surface area contributed by atoms with E-state index in [-0.39, 0.29) is 18.4 Å². The predicted octanol–water partition coefficient (Wildman–Crippen LogP) is 5.43. The number of hydrogen-bond acceptors (Lipinski definition) is 1. The Morgan fingerprint density at radius 3 is 2.45 bits per heavy atom. The Morgan fingerprint density at radius 1 is 1.00 bits per heavy atom. The van der Waals surface area contributed by atoms with Crippen molar-refractivity contribution in [2.75, 3.05) is 0 Å². The fourth-order valence-electron chi connectivity index (χ4n) is 3.23. The molecule has 2 aromatic carbocycles. The van der Waals surface area contributed by atoms with Gasteiger partial charge < -0.3 is 10.3 Å². The largest absolute Gasteiger partial charge is 0.341 e. The zero-order chi connectivity index (χ0) is 14.8. The van der Waals surface area contributed by atoms with Gasteiger partial charge in [-0.05, 0) is 37.1 Å². The molecule has 0 saturated carbocycles. The van der Waals surface area contributed by atoms with Gasteiger partial charge in [0.15, 0.2) is 0 Å². The van der Waals surface area contributed by atoms with Gasteiger partial charge in [-0.2, -0.15) is 0 Å². The SMILES string of the molecule is CCCC[C@@H](N)c1ccc2c(c1)c1ccccc1n2CC.Cl. The molecular formula is C19H25ClN2. The van der Waals surface area contributed by atoms with Gasteiger partial charge in [0.05, 0.1) is 0 Å². The number of unbranched alkanes of at least 4 members (excludes halogenated alkanes) is 1. The number of nitrogens with two attached hydrogens (primary N) is 1. The van der Waals surface area contributed by atoms with Gasteiger partial charge in [0.2, 0.25) is 0 Å². The Hall–Kier alpha value is -1.51. The molecule has 2 N–H and O–H groups in total. The van der Waals surface area contributed by atoms with Gasteiger partial charge in [-0.15, -0.1) is 12.4 Å². The summed E-state index contributed by atoms with van der Waals surface area (Å²) in [6, 6.07) is 15.5. The molecule has 0 bridgehead atoms. The lowest BCUT2D eigenvalue weighted by Gasteiger charge is -2.12. The highest BCUT2D eigenvalue weighted by Crippen LogP contribution is 2.31. The van der Waals surface area contributed by atoms with Gasteiger partial charge in [0, 0.05) is 34.4 Å². The second-order valence-corrected chi connectivity index (χ2v) is 5.79. The minimum absolute atomic E-state index is 0. The summed E-state index contributed by atoms with van der Waals surface area (Å²) in [5.41, 5.74) is 10.2. The molecule has 3 aromatic rings. The lowest BCUT2D eigenvalue weighted by Crippen LogP contribution is -2.09. The zero-order valence-corrected chi connectivity index (χ0v) is 14.2. The maximum absolute atomic E-state index is 6.35. The molecular weight excluding hydrogens is 292 g/mol. The van der Waals surface area contributed by atoms with E-state index >= 15 is 0 Å². The van der Waals surface area contributed by atoms with Crippen LogP contribution in [0.3, 0.4) is 0 Å². The maximum Gasteiger partial charge on any atom is 0.0491 e. The highest BCUT2D eigenvalue weighted by molar-refractivity contribution is 6.08. The number of aryl methyl sites for hydroxylation is 1. The van der Waals surface area contributed by atoms with Crippen LogP contribution in [0.25, 0.3) is 21.8 Å². The van der Waals surface area contributed by atoms with E-state index in [4.69, 9.17) is 5.73 Å². The van der Waals surface area contributed by atoms with E-state index < -0.39 is 0 Å². The molecule has 3 heteroatoms. The van der Waals surface area contributed by atoms with Gasteiger partial charge in [-0.25, -0.2) is 0 Å². The van der Waals surface area contributed by atoms with Crippen molar-refractivity contribution in [2.45, 2.75) is 45.7 Å². The van der Waals surface area contributed by atoms with Crippen LogP contribution in [0.1, 0.15) is 44.7 Å². The van der Waals surface area contributed by atoms with Crippen LogP contribution in [0.4, 0.5) is 0 Å². The highest BCUT2D eigenvalue weighted by Gasteiger charge is 2.12. The molecule has 2 nitrogen and oxygen atoms in total. The number of rotatable bonds is 5. The average molecular weight is 317 g/mol. The first-order chi connectivity index (χ1) is 10.3. The van der Waals surface area contributed by atoms with Gasteiger partial charge in [-0.1, -0.05) is 44.0 Å². The first kappa shape index (κ1) is 16.9. The van der Waals surface area contributed by atoms with Crippen molar-refractivity contribution in [3.63, 3.8) is 0 Å². The molecule has 0 amide bonds. The van der Waals surface area contributed by atoms with Crippen LogP contribution < -0.4 is 5.73 Å². The standard InChI is InChI=1S/C19H24N2.ClH/c1-3-5-9-17(20)14-11-12-19-16(13-14)15-8-6-7-10-18(15)21(19)4-2;/h6-8,10-13,17H,3-5,9,20H2,1-2H3;1H/t17-;/m1./s1. The summed E-state index contributed by atoms with van der Waals surface area (Å²) >= 11 is 0. The smallest absolute Gasteiger partial charge is 0.0491 e. The van der Waals surface area contributed by atoms with Crippen molar-refractivity contribution in [1.29, 1.82) is 0 Å². The van der Waals surface area contributed by atoms with Crippen molar-refractivity contribution in [3.05, 3.63) is 48.0 Å². The summed E-state index contributed by atoms with van der Waals surface area (Å²) in [4.78, 5) is 0. The maximum atomic E-state index is 6.35. The number of nitrogens with zero attached hydrogens (tertiary/aromatic N) is 1. The number of para-hydroxylation sites is 1. The predicted molar refractivity (Wildman–Crippen MR) is 98.8 cm³/mol. The normalized spacial score (nSPS) is 12.5. The molecule has 118 valence electrons. The van der Waals surface area contributed by atoms with E-state index in [1.165, 1.54) is 40.2 Å². The molecule has 3 rings (SSSR count). The molecule has 1 aromatic heterocycles. The molecule has 0 saturated heterocycles. The van der Waals surface area contributed by atoms with Crippen molar-refractivity contribution in [2.24, 2.45) is 5.73 Å². The van der Waals surface area contributed by atoms with E-state index in [9.17, 15) is 0 Å². The molecule has 0 aliphatic carbocycles. The molecule has 0 spiro atoms. The van der Waals surface area contributed by atoms with E-state index in [0.717, 1.165) is 13.0 Å². The number of aromatic nitrogens is 1. The Morgan fingerprint density at radius 2 is 1.73 bits per heavy atom. The number of hydrogen-bond donors (Lipinski definition) is 1. The molecule has 22 heavy (non-hydrogen) atoms. The second kappa shape index (κ2) is 7.17. The van der Waals surface area contributed by atoms with E-state index in [0.29, 0.717) is 0 Å². The van der Waals surface area contributed by atoms with Crippen molar-refractivity contribution < 1.29 is 0 Å². The van der Waals surface area contributed by atoms with Crippen LogP contribution in [-0.4, -0.2) is 4.57 Å². The fraction of sp³-hybridized carbons (Fsp3) is 0.368. The Balaban J connectivity index is 0.00000176. The lowest BCUT2D eigenvalue weighted by atomic mass is 10.00. The van der Waals surface area contributed by atoms with E-state index in [1.807, 2.05) is 0 Å².